The number of H-pyrrole nitrogens is 1. The summed E-state index contributed by atoms with van der Waals surface area (Å²) in [5.74, 6) is -3.02. The number of aromatic amines is 1. The highest BCUT2D eigenvalue weighted by atomic mass is 16.6. The number of aromatic nitrogens is 3. The zero-order valence-electron chi connectivity index (χ0n) is 45.6. The molecule has 76 heavy (non-hydrogen) atoms. The van der Waals surface area contributed by atoms with Crippen molar-refractivity contribution in [3.8, 4) is 0 Å². The van der Waals surface area contributed by atoms with Gasteiger partial charge >= 0.3 is 6.09 Å². The SMILES string of the molecule is CC=CCC=C(C)c1nc2c(N[C@H]3O[C@@H](C)[C@H](NC(=O)CN(C)C(=O)OCc4ccc(NC(=O)[C@H](C)NC(=O)[C@@H](NC(=O)CCN5C(=O)CC(C(C)(C=CC)C(C)=C(C)C)C5=O)C(C)C)cc4)[C@@H](O)[C@H]3O)nccc2[nH]1. The number of likely N-dealkylation sites (tertiary alicyclic amines) is 1. The van der Waals surface area contributed by atoms with E-state index in [9.17, 15) is 43.8 Å². The van der Waals surface area contributed by atoms with Gasteiger partial charge in [-0.05, 0) is 97.1 Å². The average molecular weight is 1050 g/mol. The number of imide groups is 1. The number of benzene rings is 1. The maximum atomic E-state index is 13.6. The Morgan fingerprint density at radius 3 is 2.32 bits per heavy atom. The molecule has 1 aromatic carbocycles. The smallest absolute Gasteiger partial charge is 0.410 e. The third kappa shape index (κ3) is 14.8. The molecule has 0 radical (unpaired) electrons. The van der Waals surface area contributed by atoms with Crippen molar-refractivity contribution in [3.05, 3.63) is 89.4 Å². The van der Waals surface area contributed by atoms with Crippen LogP contribution in [0, 0.1) is 17.3 Å². The number of nitrogens with one attached hydrogen (secondary N) is 6. The lowest BCUT2D eigenvalue weighted by Gasteiger charge is -2.42. The van der Waals surface area contributed by atoms with E-state index in [0.717, 1.165) is 32.9 Å². The summed E-state index contributed by atoms with van der Waals surface area (Å²) in [6, 6.07) is 5.10. The molecule has 4 heterocycles. The van der Waals surface area contributed by atoms with Gasteiger partial charge in [0, 0.05) is 43.7 Å². The molecule has 3 aromatic rings. The first kappa shape index (κ1) is 59.6. The maximum absolute atomic E-state index is 13.6. The quantitative estimate of drug-likeness (QED) is 0.0472. The van der Waals surface area contributed by atoms with Gasteiger partial charge in [-0.3, -0.25) is 33.7 Å². The van der Waals surface area contributed by atoms with Crippen LogP contribution in [-0.4, -0.2) is 139 Å². The van der Waals surface area contributed by atoms with E-state index < -0.39 is 90.3 Å². The van der Waals surface area contributed by atoms with E-state index in [-0.39, 0.29) is 43.7 Å². The van der Waals surface area contributed by atoms with Gasteiger partial charge in [-0.15, -0.1) is 0 Å². The Kier molecular flexibility index (Phi) is 20.8. The molecule has 7 amide bonds. The third-order valence-electron chi connectivity index (χ3n) is 14.0. The molecule has 9 atom stereocenters. The van der Waals surface area contributed by atoms with Gasteiger partial charge in [0.05, 0.1) is 23.6 Å². The predicted octanol–water partition coefficient (Wildman–Crippen LogP) is 5.25. The van der Waals surface area contributed by atoms with Gasteiger partial charge in [0.25, 0.3) is 0 Å². The molecule has 2 fully saturated rings. The number of amides is 7. The molecule has 2 aliphatic rings. The normalized spacial score (nSPS) is 21.6. The number of carbonyl (C=O) groups excluding carboxylic acids is 7. The van der Waals surface area contributed by atoms with Crippen LogP contribution >= 0.6 is 0 Å². The lowest BCUT2D eigenvalue weighted by molar-refractivity contribution is -0.172. The summed E-state index contributed by atoms with van der Waals surface area (Å²) >= 11 is 0. The second-order valence-electron chi connectivity index (χ2n) is 20.2. The van der Waals surface area contributed by atoms with Crippen LogP contribution in [0.4, 0.5) is 16.3 Å². The fourth-order valence-corrected chi connectivity index (χ4v) is 9.07. The topological polar surface area (TPSA) is 287 Å². The maximum Gasteiger partial charge on any atom is 0.410 e. The fraction of sp³-hybridized carbons (Fsp3) is 0.509. The standard InChI is InChI=1S/C55H76N10O11/c1-13-15-16-17-32(7)48-59-39-22-25-56-49(45(39)62-48)63-52-47(70)46(69)44(35(10)76-52)61-41(67)28-64(12)54(74)75-29-36-18-20-37(21-19-36)58-50(71)34(9)57-51(72)43(31(5)6)60-40(66)23-26-65-42(68)27-38(53(65)73)55(11,24-14-2)33(8)30(3)4/h13-15,17-22,24-25,31,34-35,38,43-44,46-47,52,69-70H,16,23,26-29H2,1-12H3,(H,56,63)(H,57,72)(H,58,71)(H,59,62)(H,60,66)(H,61,67)/t34-,35-,38?,43-,44-,46+,47+,52-,55?/m0/s1. The summed E-state index contributed by atoms with van der Waals surface area (Å²) in [6.07, 6.45) is 6.32. The number of hydrogen-bond acceptors (Lipinski definition) is 14. The number of anilines is 2. The van der Waals surface area contributed by atoms with Gasteiger partial charge in [0.2, 0.25) is 35.4 Å². The number of rotatable bonds is 22. The minimum atomic E-state index is -1.49. The molecule has 21 heteroatoms. The number of aliphatic hydroxyl groups is 2. The molecule has 0 aliphatic carbocycles. The first-order valence-electron chi connectivity index (χ1n) is 25.6. The summed E-state index contributed by atoms with van der Waals surface area (Å²) in [6.45, 7) is 19.4. The number of ether oxygens (including phenoxy) is 2. The number of allylic oxidation sites excluding steroid dienone is 8. The molecule has 8 N–H and O–H groups in total. The summed E-state index contributed by atoms with van der Waals surface area (Å²) in [4.78, 5) is 107. The monoisotopic (exact) mass is 1050 g/mol. The second kappa shape index (κ2) is 26.5. The molecule has 2 unspecified atom stereocenters. The van der Waals surface area contributed by atoms with Crippen LogP contribution in [0.2, 0.25) is 0 Å². The minimum Gasteiger partial charge on any atom is -0.445 e. The Morgan fingerprint density at radius 1 is 0.974 bits per heavy atom. The average Bonchev–Trinajstić information content (AvgIpc) is 3.96. The number of carbonyl (C=O) groups is 7. The van der Waals surface area contributed by atoms with Gasteiger partial charge in [-0.25, -0.2) is 14.8 Å². The van der Waals surface area contributed by atoms with Gasteiger partial charge in [0.15, 0.2) is 12.0 Å². The number of fused-ring (bicyclic) bond motifs is 1. The molecular formula is C55H76N10O11. The number of likely N-dealkylation sites (N-methyl/N-ethyl adjacent to an activating group) is 1. The van der Waals surface area contributed by atoms with Crippen molar-refractivity contribution in [3.63, 3.8) is 0 Å². The van der Waals surface area contributed by atoms with Crippen molar-refractivity contribution < 1.29 is 53.2 Å². The van der Waals surface area contributed by atoms with Crippen LogP contribution in [0.15, 0.2) is 78.1 Å². The molecule has 2 aliphatic heterocycles. The summed E-state index contributed by atoms with van der Waals surface area (Å²) in [5.41, 5.74) is 4.48. The second-order valence-corrected chi connectivity index (χ2v) is 20.2. The molecule has 412 valence electrons. The van der Waals surface area contributed by atoms with Crippen LogP contribution in [0.1, 0.15) is 107 Å². The van der Waals surface area contributed by atoms with Crippen molar-refractivity contribution in [2.45, 2.75) is 145 Å². The molecule has 0 spiro atoms. The molecule has 21 nitrogen and oxygen atoms in total. The van der Waals surface area contributed by atoms with E-state index in [4.69, 9.17) is 14.5 Å². The molecule has 0 saturated carbocycles. The van der Waals surface area contributed by atoms with Crippen LogP contribution in [0.5, 0.6) is 0 Å². The van der Waals surface area contributed by atoms with Crippen molar-refractivity contribution in [2.24, 2.45) is 17.3 Å². The van der Waals surface area contributed by atoms with E-state index in [1.165, 1.54) is 14.0 Å². The van der Waals surface area contributed by atoms with Crippen LogP contribution in [0.25, 0.3) is 16.6 Å². The highest BCUT2D eigenvalue weighted by molar-refractivity contribution is 6.05. The predicted molar refractivity (Wildman–Crippen MR) is 288 cm³/mol. The highest BCUT2D eigenvalue weighted by Gasteiger charge is 2.49. The minimum absolute atomic E-state index is 0.0213. The zero-order valence-corrected chi connectivity index (χ0v) is 45.6. The van der Waals surface area contributed by atoms with Crippen molar-refractivity contribution in [1.29, 1.82) is 0 Å². The zero-order chi connectivity index (χ0) is 56.2. The number of pyridine rings is 1. The Morgan fingerprint density at radius 2 is 1.67 bits per heavy atom. The molecule has 0 bridgehead atoms. The molecule has 2 aromatic heterocycles. The Bertz CT molecular complexity index is 2730. The van der Waals surface area contributed by atoms with Gasteiger partial charge in [-0.1, -0.05) is 74.4 Å². The third-order valence-corrected chi connectivity index (χ3v) is 14.0. The van der Waals surface area contributed by atoms with Crippen molar-refractivity contribution in [2.75, 3.05) is 30.8 Å². The van der Waals surface area contributed by atoms with Gasteiger partial charge in [0.1, 0.15) is 48.8 Å². The van der Waals surface area contributed by atoms with Crippen molar-refractivity contribution >= 4 is 69.6 Å². The number of nitrogens with zero attached hydrogens (tertiary/aromatic N) is 4. The lowest BCUT2D eigenvalue weighted by atomic mass is 9.69. The van der Waals surface area contributed by atoms with E-state index in [0.29, 0.717) is 33.9 Å². The highest BCUT2D eigenvalue weighted by Crippen LogP contribution is 2.44. The van der Waals surface area contributed by atoms with Crippen LogP contribution < -0.4 is 26.6 Å². The van der Waals surface area contributed by atoms with Crippen LogP contribution in [-0.2, 0) is 44.8 Å². The van der Waals surface area contributed by atoms with E-state index >= 15 is 0 Å². The fourth-order valence-electron chi connectivity index (χ4n) is 9.07. The Labute approximate surface area is 444 Å². The van der Waals surface area contributed by atoms with Gasteiger partial charge in [-0.2, -0.15) is 0 Å². The van der Waals surface area contributed by atoms with E-state index in [1.54, 1.807) is 57.3 Å². The molecular weight excluding hydrogens is 977 g/mol. The number of aliphatic hydroxyl groups excluding tert-OH is 2. The molecule has 5 rings (SSSR count). The Hall–Kier alpha value is -7.23. The number of imidazole rings is 1. The van der Waals surface area contributed by atoms with E-state index in [2.05, 4.69) is 36.6 Å². The first-order chi connectivity index (χ1) is 35.9. The summed E-state index contributed by atoms with van der Waals surface area (Å²) < 4.78 is 11.4. The van der Waals surface area contributed by atoms with E-state index in [1.807, 2.05) is 78.8 Å². The summed E-state index contributed by atoms with van der Waals surface area (Å²) in [7, 11) is 1.36. The molecule has 2 saturated heterocycles. The largest absolute Gasteiger partial charge is 0.445 e. The summed E-state index contributed by atoms with van der Waals surface area (Å²) in [5, 5.41) is 36.0. The lowest BCUT2D eigenvalue weighted by Crippen LogP contribution is -2.64. The Balaban J connectivity index is 1.04. The first-order valence-corrected chi connectivity index (χ1v) is 25.6. The van der Waals surface area contributed by atoms with Crippen molar-refractivity contribution in [1.82, 2.24) is 40.7 Å². The van der Waals surface area contributed by atoms with Gasteiger partial charge < -0.3 is 56.2 Å². The van der Waals surface area contributed by atoms with Crippen LogP contribution in [0.3, 0.4) is 0 Å². The number of hydrogen-bond donors (Lipinski definition) is 8.